The van der Waals surface area contributed by atoms with Crippen LogP contribution in [0, 0.1) is 6.92 Å². The van der Waals surface area contributed by atoms with E-state index >= 15 is 0 Å². The Labute approximate surface area is 186 Å². The monoisotopic (exact) mass is 443 g/mol. The highest BCUT2D eigenvalue weighted by atomic mass is 35.5. The van der Waals surface area contributed by atoms with Crippen molar-refractivity contribution in [2.45, 2.75) is 32.7 Å². The lowest BCUT2D eigenvalue weighted by atomic mass is 10.0. The van der Waals surface area contributed by atoms with E-state index in [1.54, 1.807) is 25.7 Å². The second kappa shape index (κ2) is 8.63. The molecule has 1 aromatic carbocycles. The third-order valence-corrected chi connectivity index (χ3v) is 5.79. The minimum atomic E-state index is 0.0104. The number of rotatable bonds is 5. The molecule has 1 amide bonds. The molecule has 1 aliphatic heterocycles. The number of halogens is 1. The highest BCUT2D eigenvalue weighted by Gasteiger charge is 2.24. The number of imidazole rings is 1. The summed E-state index contributed by atoms with van der Waals surface area (Å²) in [7, 11) is 3.22. The summed E-state index contributed by atoms with van der Waals surface area (Å²) in [6.07, 6.45) is 1.74. The number of nitrogens with one attached hydrogen (secondary N) is 1. The molecule has 31 heavy (non-hydrogen) atoms. The van der Waals surface area contributed by atoms with E-state index in [2.05, 4.69) is 15.3 Å². The van der Waals surface area contributed by atoms with Crippen molar-refractivity contribution in [3.8, 4) is 22.8 Å². The first-order valence-corrected chi connectivity index (χ1v) is 10.6. The van der Waals surface area contributed by atoms with Crippen LogP contribution in [0.2, 0.25) is 5.15 Å². The lowest BCUT2D eigenvalue weighted by molar-refractivity contribution is -0.119. The van der Waals surface area contributed by atoms with Gasteiger partial charge in [-0.25, -0.2) is 9.50 Å². The lowest BCUT2D eigenvalue weighted by Gasteiger charge is -2.33. The van der Waals surface area contributed by atoms with E-state index in [1.165, 1.54) is 0 Å². The standard InChI is InChI=1S/C22H26ClN5O3/c1-13-21(15-5-6-18(30-3)19(11-15)31-4)28-22(24-13)17(12-20(23)26-28)27-9-7-16(8-10-27)25-14(2)29/h5-6,11-12,16H,7-10H2,1-4H3,(H,25,29). The number of hydrogen-bond donors (Lipinski definition) is 1. The van der Waals surface area contributed by atoms with Gasteiger partial charge in [-0.2, -0.15) is 5.10 Å². The van der Waals surface area contributed by atoms with E-state index in [4.69, 9.17) is 26.1 Å². The summed E-state index contributed by atoms with van der Waals surface area (Å²) in [6, 6.07) is 7.80. The van der Waals surface area contributed by atoms with Gasteiger partial charge in [-0.15, -0.1) is 0 Å². The van der Waals surface area contributed by atoms with Crippen LogP contribution < -0.4 is 19.7 Å². The number of ether oxygens (including phenoxy) is 2. The molecule has 164 valence electrons. The van der Waals surface area contributed by atoms with Gasteiger partial charge in [0, 0.05) is 37.7 Å². The highest BCUT2D eigenvalue weighted by Crippen LogP contribution is 2.36. The molecule has 1 fully saturated rings. The third kappa shape index (κ3) is 4.12. The summed E-state index contributed by atoms with van der Waals surface area (Å²) in [5.74, 6) is 1.30. The van der Waals surface area contributed by atoms with Gasteiger partial charge >= 0.3 is 0 Å². The van der Waals surface area contributed by atoms with Crippen molar-refractivity contribution < 1.29 is 14.3 Å². The summed E-state index contributed by atoms with van der Waals surface area (Å²) in [5, 5.41) is 7.95. The van der Waals surface area contributed by atoms with E-state index in [-0.39, 0.29) is 11.9 Å². The van der Waals surface area contributed by atoms with E-state index in [0.717, 1.165) is 54.2 Å². The number of fused-ring (bicyclic) bond motifs is 1. The molecular weight excluding hydrogens is 418 g/mol. The molecule has 1 N–H and O–H groups in total. The quantitative estimate of drug-likeness (QED) is 0.650. The zero-order valence-electron chi connectivity index (χ0n) is 18.1. The maximum absolute atomic E-state index is 11.4. The van der Waals surface area contributed by atoms with Gasteiger partial charge in [0.15, 0.2) is 22.3 Å². The van der Waals surface area contributed by atoms with Crippen LogP contribution in [0.4, 0.5) is 5.69 Å². The van der Waals surface area contributed by atoms with Gasteiger partial charge in [0.1, 0.15) is 0 Å². The topological polar surface area (TPSA) is 81.0 Å². The van der Waals surface area contributed by atoms with Crippen LogP contribution in [0.1, 0.15) is 25.5 Å². The summed E-state index contributed by atoms with van der Waals surface area (Å²) in [5.41, 5.74) is 4.30. The van der Waals surface area contributed by atoms with Gasteiger partial charge in [-0.05, 0) is 38.0 Å². The zero-order valence-corrected chi connectivity index (χ0v) is 18.9. The van der Waals surface area contributed by atoms with Gasteiger partial charge < -0.3 is 19.7 Å². The Morgan fingerprint density at radius 3 is 2.52 bits per heavy atom. The summed E-state index contributed by atoms with van der Waals surface area (Å²) in [6.45, 7) is 5.13. The summed E-state index contributed by atoms with van der Waals surface area (Å²) >= 11 is 6.43. The van der Waals surface area contributed by atoms with Crippen molar-refractivity contribution in [1.29, 1.82) is 0 Å². The van der Waals surface area contributed by atoms with E-state index < -0.39 is 0 Å². The molecule has 2 aromatic heterocycles. The summed E-state index contributed by atoms with van der Waals surface area (Å²) in [4.78, 5) is 18.4. The van der Waals surface area contributed by atoms with Crippen LogP contribution in [0.5, 0.6) is 11.5 Å². The maximum atomic E-state index is 11.4. The zero-order chi connectivity index (χ0) is 22.1. The number of aromatic nitrogens is 3. The van der Waals surface area contributed by atoms with Crippen LogP contribution in [0.3, 0.4) is 0 Å². The number of hydrogen-bond acceptors (Lipinski definition) is 6. The molecule has 0 radical (unpaired) electrons. The molecule has 3 heterocycles. The molecule has 0 atom stereocenters. The number of amides is 1. The summed E-state index contributed by atoms with van der Waals surface area (Å²) < 4.78 is 12.6. The van der Waals surface area contributed by atoms with Crippen molar-refractivity contribution in [3.63, 3.8) is 0 Å². The van der Waals surface area contributed by atoms with Gasteiger partial charge in [0.05, 0.1) is 31.3 Å². The number of nitrogens with zero attached hydrogens (tertiary/aromatic N) is 4. The van der Waals surface area contributed by atoms with Crippen molar-refractivity contribution in [3.05, 3.63) is 35.1 Å². The van der Waals surface area contributed by atoms with Crippen LogP contribution in [0.25, 0.3) is 16.9 Å². The SMILES string of the molecule is COc1ccc(-c2c(C)nc3c(N4CCC(NC(C)=O)CC4)cc(Cl)nn23)cc1OC. The van der Waals surface area contributed by atoms with Crippen molar-refractivity contribution in [1.82, 2.24) is 19.9 Å². The van der Waals surface area contributed by atoms with Gasteiger partial charge in [0.2, 0.25) is 5.91 Å². The number of anilines is 1. The normalized spacial score (nSPS) is 14.7. The molecule has 4 rings (SSSR count). The average molecular weight is 444 g/mol. The number of piperidine rings is 1. The average Bonchev–Trinajstić information content (AvgIpc) is 3.08. The highest BCUT2D eigenvalue weighted by molar-refractivity contribution is 6.29. The molecule has 0 saturated carbocycles. The molecule has 8 nitrogen and oxygen atoms in total. The molecule has 0 bridgehead atoms. The predicted octanol–water partition coefficient (Wildman–Crippen LogP) is 3.48. The van der Waals surface area contributed by atoms with Crippen LogP contribution in [-0.2, 0) is 4.79 Å². The minimum Gasteiger partial charge on any atom is -0.493 e. The fourth-order valence-corrected chi connectivity index (χ4v) is 4.36. The van der Waals surface area contributed by atoms with E-state index in [0.29, 0.717) is 16.7 Å². The second-order valence-electron chi connectivity index (χ2n) is 7.67. The molecule has 0 aliphatic carbocycles. The molecule has 0 spiro atoms. The molecular formula is C22H26ClN5O3. The number of carbonyl (C=O) groups excluding carboxylic acids is 1. The Bertz CT molecular complexity index is 1120. The van der Waals surface area contributed by atoms with Crippen LogP contribution in [0.15, 0.2) is 24.3 Å². The molecule has 0 unspecified atom stereocenters. The third-order valence-electron chi connectivity index (χ3n) is 5.61. The number of methoxy groups -OCH3 is 2. The Hall–Kier alpha value is -3.00. The Morgan fingerprint density at radius 2 is 1.87 bits per heavy atom. The number of carbonyl (C=O) groups is 1. The van der Waals surface area contributed by atoms with E-state index in [1.807, 2.05) is 31.2 Å². The van der Waals surface area contributed by atoms with Crippen molar-refractivity contribution >= 4 is 28.8 Å². The van der Waals surface area contributed by atoms with E-state index in [9.17, 15) is 4.79 Å². The van der Waals surface area contributed by atoms with Gasteiger partial charge in [-0.1, -0.05) is 11.6 Å². The fourth-order valence-electron chi connectivity index (χ4n) is 4.18. The second-order valence-corrected chi connectivity index (χ2v) is 8.05. The Kier molecular flexibility index (Phi) is 5.91. The first-order valence-electron chi connectivity index (χ1n) is 10.2. The Morgan fingerprint density at radius 1 is 1.16 bits per heavy atom. The minimum absolute atomic E-state index is 0.0104. The Balaban J connectivity index is 1.74. The van der Waals surface area contributed by atoms with Crippen molar-refractivity contribution in [2.24, 2.45) is 0 Å². The molecule has 1 saturated heterocycles. The lowest BCUT2D eigenvalue weighted by Crippen LogP contribution is -2.44. The van der Waals surface area contributed by atoms with Crippen molar-refractivity contribution in [2.75, 3.05) is 32.2 Å². The van der Waals surface area contributed by atoms with Crippen LogP contribution in [-0.4, -0.2) is 53.9 Å². The molecule has 9 heteroatoms. The van der Waals surface area contributed by atoms with Gasteiger partial charge in [0.25, 0.3) is 0 Å². The van der Waals surface area contributed by atoms with Crippen LogP contribution >= 0.6 is 11.6 Å². The first kappa shape index (κ1) is 21.2. The largest absolute Gasteiger partial charge is 0.493 e. The first-order chi connectivity index (χ1) is 14.9. The molecule has 3 aromatic rings. The predicted molar refractivity (Wildman–Crippen MR) is 120 cm³/mol. The number of benzene rings is 1. The smallest absolute Gasteiger partial charge is 0.217 e. The molecule has 1 aliphatic rings. The fraction of sp³-hybridized carbons (Fsp3) is 0.409. The van der Waals surface area contributed by atoms with Gasteiger partial charge in [-0.3, -0.25) is 4.79 Å². The maximum Gasteiger partial charge on any atom is 0.217 e. The number of aryl methyl sites for hydroxylation is 1.